The first-order valence-electron chi connectivity index (χ1n) is 2.53. The molecule has 0 spiro atoms. The third-order valence-electron chi connectivity index (χ3n) is 1.14. The lowest BCUT2D eigenvalue weighted by atomic mass is 10.6. The van der Waals surface area contributed by atoms with Crippen LogP contribution in [0.1, 0.15) is 9.67 Å². The summed E-state index contributed by atoms with van der Waals surface area (Å²) in [7, 11) is -3.11. The molecule has 2 heterocycles. The van der Waals surface area contributed by atoms with Crippen LogP contribution in [0.4, 0.5) is 0 Å². The van der Waals surface area contributed by atoms with Crippen LogP contribution in [-0.2, 0) is 8.87 Å². The van der Waals surface area contributed by atoms with Gasteiger partial charge in [0.1, 0.15) is 4.88 Å². The maximum atomic E-state index is 11.0. The molecule has 0 aromatic carbocycles. The average molecular weight is 207 g/mol. The highest BCUT2D eigenvalue weighted by molar-refractivity contribution is 8.78. The van der Waals surface area contributed by atoms with Crippen LogP contribution in [0.5, 0.6) is 0 Å². The molecule has 0 radical (unpaired) electrons. The van der Waals surface area contributed by atoms with Crippen LogP contribution in [0.25, 0.3) is 0 Å². The highest BCUT2D eigenvalue weighted by atomic mass is 33.1. The summed E-state index contributed by atoms with van der Waals surface area (Å²) in [5.41, 5.74) is 1.36. The Balaban J connectivity index is 2.83. The molecule has 4 nitrogen and oxygen atoms in total. The van der Waals surface area contributed by atoms with Crippen molar-refractivity contribution in [2.75, 3.05) is 0 Å². The summed E-state index contributed by atoms with van der Waals surface area (Å²) in [4.78, 5) is 14.7. The van der Waals surface area contributed by atoms with E-state index >= 15 is 0 Å². The van der Waals surface area contributed by atoms with Crippen LogP contribution in [0, 0.1) is 0 Å². The van der Waals surface area contributed by atoms with E-state index in [-0.39, 0.29) is 9.90 Å². The number of fused-ring (bicyclic) bond motifs is 1. The molecule has 0 bridgehead atoms. The van der Waals surface area contributed by atoms with Gasteiger partial charge in [-0.25, -0.2) is 13.4 Å². The molecule has 1 aromatic rings. The SMILES string of the molecule is O=C1SS(=O)(=O)c2ncsc21. The summed E-state index contributed by atoms with van der Waals surface area (Å²) < 4.78 is 22.0. The molecule has 0 saturated heterocycles. The van der Waals surface area contributed by atoms with Gasteiger partial charge in [-0.1, -0.05) is 0 Å². The second kappa shape index (κ2) is 2.05. The van der Waals surface area contributed by atoms with Crippen LogP contribution in [0.15, 0.2) is 10.5 Å². The first-order valence-corrected chi connectivity index (χ1v) is 6.23. The Morgan fingerprint density at radius 2 is 2.18 bits per heavy atom. The highest BCUT2D eigenvalue weighted by Crippen LogP contribution is 2.38. The average Bonchev–Trinajstić information content (AvgIpc) is 2.37. The Kier molecular flexibility index (Phi) is 1.35. The van der Waals surface area contributed by atoms with E-state index in [1.165, 1.54) is 5.51 Å². The van der Waals surface area contributed by atoms with E-state index in [1.807, 2.05) is 0 Å². The summed E-state index contributed by atoms with van der Waals surface area (Å²) >= 11 is 1.06. The van der Waals surface area contributed by atoms with Gasteiger partial charge in [-0.15, -0.1) is 11.3 Å². The predicted molar refractivity (Wildman–Crippen MR) is 41.2 cm³/mol. The Morgan fingerprint density at radius 3 is 2.82 bits per heavy atom. The molecule has 0 aliphatic carbocycles. The lowest BCUT2D eigenvalue weighted by Crippen LogP contribution is -1.88. The van der Waals surface area contributed by atoms with Crippen molar-refractivity contribution < 1.29 is 13.2 Å². The van der Waals surface area contributed by atoms with Gasteiger partial charge in [0.25, 0.3) is 8.87 Å². The van der Waals surface area contributed by atoms with Crippen molar-refractivity contribution in [3.05, 3.63) is 10.4 Å². The third-order valence-corrected chi connectivity index (χ3v) is 5.17. The van der Waals surface area contributed by atoms with E-state index in [4.69, 9.17) is 0 Å². The Morgan fingerprint density at radius 1 is 1.45 bits per heavy atom. The normalized spacial score (nSPS) is 20.2. The molecule has 0 N–H and O–H groups in total. The van der Waals surface area contributed by atoms with E-state index in [0.29, 0.717) is 10.8 Å². The Hall–Kier alpha value is -0.400. The zero-order valence-electron chi connectivity index (χ0n) is 4.97. The number of thiazole rings is 1. The van der Waals surface area contributed by atoms with Gasteiger partial charge in [-0.05, 0) is 0 Å². The fraction of sp³-hybridized carbons (Fsp3) is 0. The van der Waals surface area contributed by atoms with Crippen LogP contribution < -0.4 is 0 Å². The minimum absolute atomic E-state index is 0.0718. The van der Waals surface area contributed by atoms with E-state index < -0.39 is 14.0 Å². The van der Waals surface area contributed by atoms with Crippen LogP contribution in [-0.4, -0.2) is 18.5 Å². The maximum Gasteiger partial charge on any atom is 0.256 e. The number of hydrogen-bond donors (Lipinski definition) is 0. The Labute approximate surface area is 70.0 Å². The summed E-state index contributed by atoms with van der Waals surface area (Å²) in [6.07, 6.45) is 0. The molecule has 0 fully saturated rings. The van der Waals surface area contributed by atoms with Gasteiger partial charge in [0, 0.05) is 0 Å². The summed E-state index contributed by atoms with van der Waals surface area (Å²) in [6, 6.07) is 0. The second-order valence-electron chi connectivity index (χ2n) is 1.81. The summed E-state index contributed by atoms with van der Waals surface area (Å²) in [5, 5.41) is -0.486. The predicted octanol–water partition coefficient (Wildman–Crippen LogP) is 0.719. The summed E-state index contributed by atoms with van der Waals surface area (Å²) in [6.45, 7) is 0. The van der Waals surface area contributed by atoms with E-state index in [2.05, 4.69) is 4.98 Å². The zero-order valence-corrected chi connectivity index (χ0v) is 7.42. The molecule has 11 heavy (non-hydrogen) atoms. The van der Waals surface area contributed by atoms with Gasteiger partial charge in [-0.3, -0.25) is 4.79 Å². The van der Waals surface area contributed by atoms with Gasteiger partial charge in [-0.2, -0.15) is 0 Å². The molecule has 0 unspecified atom stereocenters. The molecular weight excluding hydrogens is 206 g/mol. The molecule has 0 atom stereocenters. The number of carbonyl (C=O) groups excluding carboxylic acids is 1. The topological polar surface area (TPSA) is 64.1 Å². The van der Waals surface area contributed by atoms with Crippen LogP contribution in [0.2, 0.25) is 0 Å². The molecular formula is C4HNO3S3. The van der Waals surface area contributed by atoms with Gasteiger partial charge in [0.05, 0.1) is 16.3 Å². The van der Waals surface area contributed by atoms with E-state index in [1.54, 1.807) is 0 Å². The lowest BCUT2D eigenvalue weighted by Gasteiger charge is -1.82. The number of hydrogen-bond acceptors (Lipinski definition) is 6. The largest absolute Gasteiger partial charge is 0.279 e. The standard InChI is InChI=1S/C4HNO3S3/c6-4-2-3(5-1-9-2)11(7,8)10-4/h1H. The number of carbonyl (C=O) groups is 1. The second-order valence-corrected chi connectivity index (χ2v) is 6.32. The minimum Gasteiger partial charge on any atom is -0.279 e. The van der Waals surface area contributed by atoms with Gasteiger partial charge in [0.2, 0.25) is 5.12 Å². The third kappa shape index (κ3) is 0.916. The molecule has 7 heteroatoms. The molecule has 1 aliphatic heterocycles. The van der Waals surface area contributed by atoms with Crippen molar-refractivity contribution >= 4 is 36.1 Å². The van der Waals surface area contributed by atoms with Crippen molar-refractivity contribution in [2.45, 2.75) is 5.03 Å². The number of rotatable bonds is 0. The monoisotopic (exact) mass is 207 g/mol. The quantitative estimate of drug-likeness (QED) is 0.586. The first kappa shape index (κ1) is 7.26. The van der Waals surface area contributed by atoms with Gasteiger partial charge >= 0.3 is 0 Å². The highest BCUT2D eigenvalue weighted by Gasteiger charge is 2.37. The number of aromatic nitrogens is 1. The van der Waals surface area contributed by atoms with Crippen molar-refractivity contribution in [1.29, 1.82) is 0 Å². The fourth-order valence-corrected chi connectivity index (χ4v) is 4.85. The number of nitrogens with zero attached hydrogens (tertiary/aromatic N) is 1. The Bertz CT molecular complexity index is 418. The molecule has 0 amide bonds. The summed E-state index contributed by atoms with van der Waals surface area (Å²) in [5.74, 6) is 0. The zero-order chi connectivity index (χ0) is 8.06. The molecule has 0 saturated carbocycles. The van der Waals surface area contributed by atoms with Gasteiger partial charge in [0.15, 0.2) is 5.03 Å². The fourth-order valence-electron chi connectivity index (χ4n) is 0.726. The van der Waals surface area contributed by atoms with Crippen molar-refractivity contribution in [3.63, 3.8) is 0 Å². The van der Waals surface area contributed by atoms with E-state index in [9.17, 15) is 13.2 Å². The minimum atomic E-state index is -3.45. The van der Waals surface area contributed by atoms with Crippen LogP contribution in [0.3, 0.4) is 0 Å². The lowest BCUT2D eigenvalue weighted by molar-refractivity contribution is 0.109. The van der Waals surface area contributed by atoms with Crippen molar-refractivity contribution in [1.82, 2.24) is 4.98 Å². The first-order chi connectivity index (χ1) is 5.11. The maximum absolute atomic E-state index is 11.0. The smallest absolute Gasteiger partial charge is 0.256 e. The van der Waals surface area contributed by atoms with Crippen molar-refractivity contribution in [3.8, 4) is 0 Å². The molecule has 1 aromatic heterocycles. The molecule has 58 valence electrons. The van der Waals surface area contributed by atoms with Gasteiger partial charge < -0.3 is 0 Å². The molecule has 1 aliphatic rings. The van der Waals surface area contributed by atoms with E-state index in [0.717, 1.165) is 11.3 Å². The molecule has 2 rings (SSSR count). The van der Waals surface area contributed by atoms with Crippen LogP contribution >= 0.6 is 22.1 Å². The van der Waals surface area contributed by atoms with Crippen molar-refractivity contribution in [2.24, 2.45) is 0 Å².